The van der Waals surface area contributed by atoms with E-state index in [4.69, 9.17) is 38.4 Å². The fraction of sp³-hybridized carbons (Fsp3) is 0.194. The standard InChI is InChI=1S/C31H28ClN3O3S2/c1-3-17-38-27-14-11-22(18-26(27)32)29-23(20-35(33-29)24-7-5-4-6-8-24)19-28-30(36)34(31(39)40-28)16-15-21-9-12-25(37-2)13-10-21/h4-14,18-20H,3,15-17H2,1-2H3. The third kappa shape index (κ3) is 6.25. The Balaban J connectivity index is 1.44. The van der Waals surface area contributed by atoms with Crippen LogP contribution >= 0.6 is 35.6 Å². The molecule has 0 N–H and O–H groups in total. The Morgan fingerprint density at radius 1 is 1.07 bits per heavy atom. The molecule has 0 bridgehead atoms. The average Bonchev–Trinajstić information content (AvgIpc) is 3.52. The van der Waals surface area contributed by atoms with E-state index in [-0.39, 0.29) is 5.91 Å². The molecule has 5 rings (SSSR count). The van der Waals surface area contributed by atoms with Gasteiger partial charge in [-0.25, -0.2) is 4.68 Å². The molecule has 1 aliphatic rings. The minimum absolute atomic E-state index is 0.108. The molecule has 0 aliphatic carbocycles. The fourth-order valence-corrected chi connectivity index (χ4v) is 5.81. The third-order valence-electron chi connectivity index (χ3n) is 6.37. The number of para-hydroxylation sites is 1. The molecule has 0 radical (unpaired) electrons. The zero-order chi connectivity index (χ0) is 28.1. The molecule has 6 nitrogen and oxygen atoms in total. The number of nitrogens with zero attached hydrogens (tertiary/aromatic N) is 3. The lowest BCUT2D eigenvalue weighted by atomic mass is 10.1. The predicted molar refractivity (Wildman–Crippen MR) is 166 cm³/mol. The van der Waals surface area contributed by atoms with Gasteiger partial charge >= 0.3 is 0 Å². The number of ether oxygens (including phenoxy) is 2. The largest absolute Gasteiger partial charge is 0.497 e. The van der Waals surface area contributed by atoms with Crippen LogP contribution in [0.4, 0.5) is 0 Å². The van der Waals surface area contributed by atoms with Gasteiger partial charge in [0.2, 0.25) is 0 Å². The molecule has 1 saturated heterocycles. The van der Waals surface area contributed by atoms with Gasteiger partial charge in [0, 0.05) is 23.9 Å². The number of carbonyl (C=O) groups excluding carboxylic acids is 1. The van der Waals surface area contributed by atoms with Crippen LogP contribution in [-0.2, 0) is 11.2 Å². The van der Waals surface area contributed by atoms with Crippen molar-refractivity contribution in [2.45, 2.75) is 19.8 Å². The number of carbonyl (C=O) groups is 1. The second-order valence-corrected chi connectivity index (χ2v) is 11.2. The lowest BCUT2D eigenvalue weighted by molar-refractivity contribution is -0.122. The molecule has 1 fully saturated rings. The van der Waals surface area contributed by atoms with Gasteiger partial charge in [0.1, 0.15) is 21.5 Å². The number of hydrogen-bond donors (Lipinski definition) is 0. The van der Waals surface area contributed by atoms with E-state index in [0.29, 0.717) is 45.3 Å². The molecular weight excluding hydrogens is 562 g/mol. The Morgan fingerprint density at radius 3 is 2.55 bits per heavy atom. The Kier molecular flexibility index (Phi) is 8.89. The SMILES string of the molecule is CCCOc1ccc(-c2nn(-c3ccccc3)cc2C=C2SC(=S)N(CCc3ccc(OC)cc3)C2=O)cc1Cl. The van der Waals surface area contributed by atoms with Crippen LogP contribution in [0.5, 0.6) is 11.5 Å². The van der Waals surface area contributed by atoms with Crippen molar-refractivity contribution in [1.82, 2.24) is 14.7 Å². The Labute approximate surface area is 248 Å². The number of thioether (sulfide) groups is 1. The van der Waals surface area contributed by atoms with Gasteiger partial charge in [0.15, 0.2) is 0 Å². The normalized spacial score (nSPS) is 14.3. The van der Waals surface area contributed by atoms with Crippen LogP contribution < -0.4 is 9.47 Å². The molecule has 0 spiro atoms. The quantitative estimate of drug-likeness (QED) is 0.142. The molecule has 1 amide bonds. The molecule has 40 heavy (non-hydrogen) atoms. The van der Waals surface area contributed by atoms with Gasteiger partial charge < -0.3 is 9.47 Å². The molecule has 1 aromatic heterocycles. The van der Waals surface area contributed by atoms with E-state index in [1.807, 2.05) is 92.0 Å². The van der Waals surface area contributed by atoms with Crippen molar-refractivity contribution in [1.29, 1.82) is 0 Å². The van der Waals surface area contributed by atoms with E-state index in [0.717, 1.165) is 34.5 Å². The van der Waals surface area contributed by atoms with Crippen LogP contribution in [0, 0.1) is 0 Å². The van der Waals surface area contributed by atoms with Crippen molar-refractivity contribution in [2.75, 3.05) is 20.3 Å². The maximum absolute atomic E-state index is 13.4. The molecule has 0 saturated carbocycles. The van der Waals surface area contributed by atoms with Crippen LogP contribution in [0.25, 0.3) is 23.0 Å². The number of methoxy groups -OCH3 is 1. The van der Waals surface area contributed by atoms with Crippen LogP contribution in [0.3, 0.4) is 0 Å². The summed E-state index contributed by atoms with van der Waals surface area (Å²) in [5.74, 6) is 1.32. The molecule has 0 unspecified atom stereocenters. The molecule has 3 aromatic carbocycles. The van der Waals surface area contributed by atoms with Crippen LogP contribution in [-0.4, -0.2) is 45.2 Å². The van der Waals surface area contributed by atoms with E-state index in [9.17, 15) is 4.79 Å². The van der Waals surface area contributed by atoms with E-state index < -0.39 is 0 Å². The highest BCUT2D eigenvalue weighted by Gasteiger charge is 2.32. The molecular formula is C31H28ClN3O3S2. The summed E-state index contributed by atoms with van der Waals surface area (Å²) >= 11 is 13.5. The van der Waals surface area contributed by atoms with Crippen molar-refractivity contribution < 1.29 is 14.3 Å². The molecule has 9 heteroatoms. The molecule has 0 atom stereocenters. The highest BCUT2D eigenvalue weighted by molar-refractivity contribution is 8.26. The Hall–Kier alpha value is -3.59. The summed E-state index contributed by atoms with van der Waals surface area (Å²) in [6.07, 6.45) is 5.36. The second-order valence-electron chi connectivity index (χ2n) is 9.14. The monoisotopic (exact) mass is 589 g/mol. The minimum Gasteiger partial charge on any atom is -0.497 e. The van der Waals surface area contributed by atoms with Gasteiger partial charge in [0.25, 0.3) is 5.91 Å². The van der Waals surface area contributed by atoms with Gasteiger partial charge in [-0.1, -0.05) is 72.8 Å². The summed E-state index contributed by atoms with van der Waals surface area (Å²) in [6.45, 7) is 3.14. The first-order chi connectivity index (χ1) is 19.5. The number of benzene rings is 3. The molecule has 1 aliphatic heterocycles. The molecule has 2 heterocycles. The zero-order valence-corrected chi connectivity index (χ0v) is 24.6. The van der Waals surface area contributed by atoms with Gasteiger partial charge in [-0.2, -0.15) is 5.10 Å². The van der Waals surface area contributed by atoms with E-state index in [1.54, 1.807) is 16.7 Å². The smallest absolute Gasteiger partial charge is 0.266 e. The number of halogens is 1. The minimum atomic E-state index is -0.108. The first-order valence-corrected chi connectivity index (χ1v) is 14.5. The summed E-state index contributed by atoms with van der Waals surface area (Å²) < 4.78 is 13.3. The third-order valence-corrected chi connectivity index (χ3v) is 8.05. The summed E-state index contributed by atoms with van der Waals surface area (Å²) in [5, 5.41) is 5.38. The van der Waals surface area contributed by atoms with Gasteiger partial charge in [-0.3, -0.25) is 9.69 Å². The van der Waals surface area contributed by atoms with Gasteiger partial charge in [-0.15, -0.1) is 0 Å². The average molecular weight is 590 g/mol. The van der Waals surface area contributed by atoms with E-state index in [2.05, 4.69) is 0 Å². The topological polar surface area (TPSA) is 56.6 Å². The summed E-state index contributed by atoms with van der Waals surface area (Å²) in [4.78, 5) is 15.6. The van der Waals surface area contributed by atoms with Crippen LogP contribution in [0.1, 0.15) is 24.5 Å². The predicted octanol–water partition coefficient (Wildman–Crippen LogP) is 7.43. The fourth-order valence-electron chi connectivity index (χ4n) is 4.27. The van der Waals surface area contributed by atoms with Crippen molar-refractivity contribution in [3.63, 3.8) is 0 Å². The number of hydrogen-bond acceptors (Lipinski definition) is 6. The highest BCUT2D eigenvalue weighted by Crippen LogP contribution is 2.36. The van der Waals surface area contributed by atoms with Gasteiger partial charge in [0.05, 0.1) is 29.3 Å². The molecule has 4 aromatic rings. The highest BCUT2D eigenvalue weighted by atomic mass is 35.5. The lowest BCUT2D eigenvalue weighted by Gasteiger charge is -2.14. The zero-order valence-electron chi connectivity index (χ0n) is 22.2. The number of amides is 1. The van der Waals surface area contributed by atoms with Crippen molar-refractivity contribution >= 4 is 51.9 Å². The summed E-state index contributed by atoms with van der Waals surface area (Å²) in [6, 6.07) is 23.3. The maximum atomic E-state index is 13.4. The Bertz CT molecular complexity index is 1550. The van der Waals surface area contributed by atoms with E-state index in [1.165, 1.54) is 11.8 Å². The number of thiocarbonyl (C=S) groups is 1. The lowest BCUT2D eigenvalue weighted by Crippen LogP contribution is -2.30. The first kappa shape index (κ1) is 28.0. The van der Waals surface area contributed by atoms with Crippen molar-refractivity contribution in [2.24, 2.45) is 0 Å². The Morgan fingerprint density at radius 2 is 1.85 bits per heavy atom. The number of rotatable bonds is 10. The first-order valence-electron chi connectivity index (χ1n) is 12.9. The van der Waals surface area contributed by atoms with Gasteiger partial charge in [-0.05, 0) is 66.9 Å². The summed E-state index contributed by atoms with van der Waals surface area (Å²) in [5.41, 5.74) is 4.33. The number of aromatic nitrogens is 2. The maximum Gasteiger partial charge on any atom is 0.266 e. The van der Waals surface area contributed by atoms with Crippen molar-refractivity contribution in [3.05, 3.63) is 100 Å². The van der Waals surface area contributed by atoms with Crippen molar-refractivity contribution in [3.8, 4) is 28.4 Å². The summed E-state index contributed by atoms with van der Waals surface area (Å²) in [7, 11) is 1.64. The van der Waals surface area contributed by atoms with Crippen LogP contribution in [0.2, 0.25) is 5.02 Å². The molecule has 204 valence electrons. The van der Waals surface area contributed by atoms with Crippen LogP contribution in [0.15, 0.2) is 83.9 Å². The van der Waals surface area contributed by atoms with E-state index >= 15 is 0 Å². The second kappa shape index (κ2) is 12.7.